The van der Waals surface area contributed by atoms with E-state index < -0.39 is 0 Å². The number of carbonyl (C=O) groups excluding carboxylic acids is 1. The van der Waals surface area contributed by atoms with Crippen LogP contribution in [0.25, 0.3) is 0 Å². The Bertz CT molecular complexity index is 453. The summed E-state index contributed by atoms with van der Waals surface area (Å²) in [5.41, 5.74) is 2.54. The van der Waals surface area contributed by atoms with Crippen molar-refractivity contribution >= 4 is 5.91 Å². The van der Waals surface area contributed by atoms with Crippen LogP contribution >= 0.6 is 0 Å². The molecule has 1 aliphatic heterocycles. The van der Waals surface area contributed by atoms with Crippen molar-refractivity contribution in [1.82, 2.24) is 10.2 Å². The van der Waals surface area contributed by atoms with Gasteiger partial charge in [-0.15, -0.1) is 0 Å². The average Bonchev–Trinajstić information content (AvgIpc) is 2.84. The van der Waals surface area contributed by atoms with Gasteiger partial charge in [-0.05, 0) is 36.9 Å². The number of nitrogens with one attached hydrogen (secondary N) is 1. The molecule has 20 heavy (non-hydrogen) atoms. The van der Waals surface area contributed by atoms with Crippen LogP contribution in [-0.2, 0) is 11.3 Å². The highest BCUT2D eigenvalue weighted by atomic mass is 16.2. The number of amides is 1. The molecule has 1 aromatic rings. The Morgan fingerprint density at radius 3 is 2.50 bits per heavy atom. The first kappa shape index (κ1) is 15.0. The van der Waals surface area contributed by atoms with Crippen molar-refractivity contribution in [3.63, 3.8) is 0 Å². The molecule has 0 radical (unpaired) electrons. The minimum absolute atomic E-state index is 0.134. The molecule has 1 N–H and O–H groups in total. The summed E-state index contributed by atoms with van der Waals surface area (Å²) in [4.78, 5) is 14.3. The Morgan fingerprint density at radius 2 is 2.00 bits per heavy atom. The standard InChI is InChI=1S/C17H26N2O/c1-12(2)15-7-5-14(6-8-15)11-19(4)17(20)16-9-10-18-13(16)3/h5-8,12-13,16,18H,9-11H2,1-4H3. The van der Waals surface area contributed by atoms with Crippen molar-refractivity contribution in [2.45, 2.75) is 45.7 Å². The van der Waals surface area contributed by atoms with Crippen LogP contribution in [0, 0.1) is 5.92 Å². The Balaban J connectivity index is 1.96. The SMILES string of the molecule is CC(C)c1ccc(CN(C)C(=O)C2CCNC2C)cc1. The van der Waals surface area contributed by atoms with Crippen LogP contribution in [0.15, 0.2) is 24.3 Å². The van der Waals surface area contributed by atoms with E-state index in [-0.39, 0.29) is 11.8 Å². The van der Waals surface area contributed by atoms with Crippen LogP contribution < -0.4 is 5.32 Å². The molecule has 0 bridgehead atoms. The van der Waals surface area contributed by atoms with Gasteiger partial charge in [-0.1, -0.05) is 38.1 Å². The van der Waals surface area contributed by atoms with E-state index in [0.717, 1.165) is 13.0 Å². The number of hydrogen-bond donors (Lipinski definition) is 1. The molecule has 1 heterocycles. The highest BCUT2D eigenvalue weighted by molar-refractivity contribution is 5.79. The Hall–Kier alpha value is -1.35. The lowest BCUT2D eigenvalue weighted by molar-refractivity contribution is -0.134. The summed E-state index contributed by atoms with van der Waals surface area (Å²) < 4.78 is 0. The van der Waals surface area contributed by atoms with Crippen LogP contribution in [0.3, 0.4) is 0 Å². The van der Waals surface area contributed by atoms with Crippen LogP contribution in [0.2, 0.25) is 0 Å². The number of rotatable bonds is 4. The van der Waals surface area contributed by atoms with E-state index in [2.05, 4.69) is 50.4 Å². The van der Waals surface area contributed by atoms with Gasteiger partial charge in [-0.25, -0.2) is 0 Å². The third kappa shape index (κ3) is 3.40. The van der Waals surface area contributed by atoms with Gasteiger partial charge < -0.3 is 10.2 Å². The van der Waals surface area contributed by atoms with Crippen molar-refractivity contribution < 1.29 is 4.79 Å². The molecule has 2 atom stereocenters. The summed E-state index contributed by atoms with van der Waals surface area (Å²) in [6.07, 6.45) is 0.955. The van der Waals surface area contributed by atoms with Crippen molar-refractivity contribution in [2.75, 3.05) is 13.6 Å². The Morgan fingerprint density at radius 1 is 1.35 bits per heavy atom. The zero-order valence-electron chi connectivity index (χ0n) is 13.0. The first-order valence-corrected chi connectivity index (χ1v) is 7.56. The summed E-state index contributed by atoms with van der Waals surface area (Å²) in [5, 5.41) is 3.34. The fourth-order valence-corrected chi connectivity index (χ4v) is 2.84. The zero-order chi connectivity index (χ0) is 14.7. The molecular formula is C17H26N2O. The Kier molecular flexibility index (Phi) is 4.81. The van der Waals surface area contributed by atoms with Crippen LogP contribution in [0.1, 0.15) is 44.2 Å². The maximum Gasteiger partial charge on any atom is 0.227 e. The molecule has 0 aliphatic carbocycles. The molecule has 1 saturated heterocycles. The molecule has 0 spiro atoms. The largest absolute Gasteiger partial charge is 0.341 e. The fourth-order valence-electron chi connectivity index (χ4n) is 2.84. The molecule has 1 aromatic carbocycles. The first-order chi connectivity index (χ1) is 9.49. The van der Waals surface area contributed by atoms with E-state index in [1.165, 1.54) is 11.1 Å². The molecule has 3 nitrogen and oxygen atoms in total. The minimum Gasteiger partial charge on any atom is -0.341 e. The number of hydrogen-bond acceptors (Lipinski definition) is 2. The molecule has 1 aliphatic rings. The maximum atomic E-state index is 12.4. The lowest BCUT2D eigenvalue weighted by atomic mass is 9.99. The van der Waals surface area contributed by atoms with Gasteiger partial charge in [0.25, 0.3) is 0 Å². The summed E-state index contributed by atoms with van der Waals surface area (Å²) in [5.74, 6) is 0.944. The van der Waals surface area contributed by atoms with E-state index in [4.69, 9.17) is 0 Å². The summed E-state index contributed by atoms with van der Waals surface area (Å²) in [6.45, 7) is 8.13. The summed E-state index contributed by atoms with van der Waals surface area (Å²) in [6, 6.07) is 8.90. The van der Waals surface area contributed by atoms with Crippen LogP contribution in [0.4, 0.5) is 0 Å². The smallest absolute Gasteiger partial charge is 0.227 e. The number of benzene rings is 1. The monoisotopic (exact) mass is 274 g/mol. The van der Waals surface area contributed by atoms with Crippen molar-refractivity contribution in [1.29, 1.82) is 0 Å². The van der Waals surface area contributed by atoms with Crippen molar-refractivity contribution in [2.24, 2.45) is 5.92 Å². The lowest BCUT2D eigenvalue weighted by Crippen LogP contribution is -2.37. The normalized spacial score (nSPS) is 22.2. The second-order valence-corrected chi connectivity index (χ2v) is 6.23. The van der Waals surface area contributed by atoms with Gasteiger partial charge in [0, 0.05) is 19.6 Å². The van der Waals surface area contributed by atoms with Gasteiger partial charge in [0.15, 0.2) is 0 Å². The highest BCUT2D eigenvalue weighted by Gasteiger charge is 2.31. The topological polar surface area (TPSA) is 32.3 Å². The molecule has 110 valence electrons. The third-order valence-corrected chi connectivity index (χ3v) is 4.28. The quantitative estimate of drug-likeness (QED) is 0.915. The van der Waals surface area contributed by atoms with Crippen molar-refractivity contribution in [3.8, 4) is 0 Å². The van der Waals surface area contributed by atoms with E-state index in [9.17, 15) is 4.79 Å². The van der Waals surface area contributed by atoms with Crippen LogP contribution in [-0.4, -0.2) is 30.4 Å². The zero-order valence-corrected chi connectivity index (χ0v) is 13.0. The molecule has 2 rings (SSSR count). The van der Waals surface area contributed by atoms with E-state index >= 15 is 0 Å². The van der Waals surface area contributed by atoms with Crippen LogP contribution in [0.5, 0.6) is 0 Å². The maximum absolute atomic E-state index is 12.4. The third-order valence-electron chi connectivity index (χ3n) is 4.28. The Labute approximate surface area is 122 Å². The predicted octanol–water partition coefficient (Wildman–Crippen LogP) is 2.77. The van der Waals surface area contributed by atoms with E-state index in [0.29, 0.717) is 18.5 Å². The minimum atomic E-state index is 0.134. The summed E-state index contributed by atoms with van der Waals surface area (Å²) >= 11 is 0. The molecular weight excluding hydrogens is 248 g/mol. The first-order valence-electron chi connectivity index (χ1n) is 7.56. The fraction of sp³-hybridized carbons (Fsp3) is 0.588. The molecule has 2 unspecified atom stereocenters. The van der Waals surface area contributed by atoms with Gasteiger partial charge in [0.1, 0.15) is 0 Å². The second kappa shape index (κ2) is 6.40. The lowest BCUT2D eigenvalue weighted by Gasteiger charge is -2.23. The van der Waals surface area contributed by atoms with Gasteiger partial charge in [0.05, 0.1) is 5.92 Å². The summed E-state index contributed by atoms with van der Waals surface area (Å²) in [7, 11) is 1.91. The van der Waals surface area contributed by atoms with E-state index in [1.54, 1.807) is 0 Å². The van der Waals surface area contributed by atoms with Gasteiger partial charge in [-0.2, -0.15) is 0 Å². The molecule has 3 heteroatoms. The predicted molar refractivity (Wildman–Crippen MR) is 82.6 cm³/mol. The van der Waals surface area contributed by atoms with Gasteiger partial charge in [-0.3, -0.25) is 4.79 Å². The van der Waals surface area contributed by atoms with E-state index in [1.807, 2.05) is 11.9 Å². The molecule has 1 amide bonds. The van der Waals surface area contributed by atoms with Gasteiger partial charge in [0.2, 0.25) is 5.91 Å². The molecule has 0 saturated carbocycles. The highest BCUT2D eigenvalue weighted by Crippen LogP contribution is 2.19. The number of nitrogens with zero attached hydrogens (tertiary/aromatic N) is 1. The average molecular weight is 274 g/mol. The molecule has 1 fully saturated rings. The van der Waals surface area contributed by atoms with Crippen molar-refractivity contribution in [3.05, 3.63) is 35.4 Å². The second-order valence-electron chi connectivity index (χ2n) is 6.23. The van der Waals surface area contributed by atoms with Gasteiger partial charge >= 0.3 is 0 Å². The number of carbonyl (C=O) groups is 1. The molecule has 0 aromatic heterocycles.